The highest BCUT2D eigenvalue weighted by Crippen LogP contribution is 2.36. The first kappa shape index (κ1) is 24.0. The van der Waals surface area contributed by atoms with E-state index in [1.54, 1.807) is 6.92 Å². The van der Waals surface area contributed by atoms with Crippen LogP contribution in [0.4, 0.5) is 11.6 Å². The van der Waals surface area contributed by atoms with Gasteiger partial charge < -0.3 is 15.4 Å². The first-order chi connectivity index (χ1) is 16.9. The zero-order valence-electron chi connectivity index (χ0n) is 20.4. The Balaban J connectivity index is 1.48. The number of fused-ring (bicyclic) bond motifs is 1. The summed E-state index contributed by atoms with van der Waals surface area (Å²) >= 11 is 6.23. The number of imidazole rings is 1. The molecule has 1 saturated heterocycles. The number of rotatable bonds is 6. The van der Waals surface area contributed by atoms with Gasteiger partial charge in [-0.25, -0.2) is 15.0 Å². The molecule has 8 nitrogen and oxygen atoms in total. The third kappa shape index (κ3) is 5.59. The van der Waals surface area contributed by atoms with Gasteiger partial charge in [-0.05, 0) is 62.1 Å². The molecule has 2 fully saturated rings. The fraction of sp³-hybridized carbons (Fsp3) is 0.538. The number of hydrogen-bond acceptors (Lipinski definition) is 6. The fourth-order valence-electron chi connectivity index (χ4n) is 5.33. The van der Waals surface area contributed by atoms with Crippen molar-refractivity contribution in [2.75, 3.05) is 18.5 Å². The third-order valence-electron chi connectivity index (χ3n) is 7.32. The van der Waals surface area contributed by atoms with Crippen molar-refractivity contribution >= 4 is 40.3 Å². The van der Waals surface area contributed by atoms with E-state index in [4.69, 9.17) is 26.3 Å². The van der Waals surface area contributed by atoms with Gasteiger partial charge in [0.05, 0.1) is 6.20 Å². The van der Waals surface area contributed by atoms with Gasteiger partial charge in [0.25, 0.3) is 0 Å². The standard InChI is InChI=1S/C26H33ClN6O2/c1-17(34)29-19-6-8-21(9-7-19)33-24-22(31-25(33)30-20-5-3-4-18(27)14-20)16-28-23(32-24)15-26(2)10-12-35-13-11-26/h3-5,14,16,19,21H,6-13,15H2,1-2H3,(H,29,34)(H,30,31). The summed E-state index contributed by atoms with van der Waals surface area (Å²) in [6, 6.07) is 8.10. The van der Waals surface area contributed by atoms with Crippen LogP contribution >= 0.6 is 11.6 Å². The minimum Gasteiger partial charge on any atom is -0.381 e. The van der Waals surface area contributed by atoms with Gasteiger partial charge in [-0.15, -0.1) is 0 Å². The molecule has 186 valence electrons. The summed E-state index contributed by atoms with van der Waals surface area (Å²) in [5.41, 5.74) is 2.66. The smallest absolute Gasteiger partial charge is 0.217 e. The van der Waals surface area contributed by atoms with E-state index in [9.17, 15) is 4.79 Å². The number of benzene rings is 1. The second kappa shape index (κ2) is 10.1. The lowest BCUT2D eigenvalue weighted by Gasteiger charge is -2.33. The number of carbonyl (C=O) groups is 1. The maximum atomic E-state index is 11.5. The van der Waals surface area contributed by atoms with Crippen LogP contribution in [0.1, 0.15) is 64.2 Å². The number of amides is 1. The van der Waals surface area contributed by atoms with Crippen LogP contribution in [-0.2, 0) is 16.0 Å². The summed E-state index contributed by atoms with van der Waals surface area (Å²) in [5, 5.41) is 7.21. The quantitative estimate of drug-likeness (QED) is 0.487. The molecule has 2 aromatic heterocycles. The summed E-state index contributed by atoms with van der Waals surface area (Å²) in [6.45, 7) is 5.47. The first-order valence-corrected chi connectivity index (χ1v) is 12.9. The molecule has 3 aromatic rings. The summed E-state index contributed by atoms with van der Waals surface area (Å²) in [6.07, 6.45) is 8.44. The van der Waals surface area contributed by atoms with Crippen LogP contribution < -0.4 is 10.6 Å². The SMILES string of the molecule is CC(=O)NC1CCC(n2c(Nc3cccc(Cl)c3)nc3cnc(CC4(C)CCOCC4)nc32)CC1. The average molecular weight is 497 g/mol. The molecule has 0 radical (unpaired) electrons. The Morgan fingerprint density at radius 1 is 1.20 bits per heavy atom. The second-order valence-electron chi connectivity index (χ2n) is 10.2. The number of aromatic nitrogens is 4. The number of hydrogen-bond donors (Lipinski definition) is 2. The minimum absolute atomic E-state index is 0.0313. The minimum atomic E-state index is 0.0313. The molecule has 0 bridgehead atoms. The number of anilines is 2. The Bertz CT molecular complexity index is 1200. The molecule has 1 aliphatic carbocycles. The first-order valence-electron chi connectivity index (χ1n) is 12.5. The van der Waals surface area contributed by atoms with Crippen LogP contribution in [0.25, 0.3) is 11.2 Å². The van der Waals surface area contributed by atoms with E-state index >= 15 is 0 Å². The van der Waals surface area contributed by atoms with Crippen molar-refractivity contribution in [3.8, 4) is 0 Å². The van der Waals surface area contributed by atoms with Crippen molar-refractivity contribution in [3.63, 3.8) is 0 Å². The van der Waals surface area contributed by atoms with Crippen LogP contribution in [0, 0.1) is 5.41 Å². The molecular formula is C26H33ClN6O2. The van der Waals surface area contributed by atoms with E-state index < -0.39 is 0 Å². The Morgan fingerprint density at radius 2 is 1.97 bits per heavy atom. The third-order valence-corrected chi connectivity index (χ3v) is 7.55. The van der Waals surface area contributed by atoms with E-state index in [1.807, 2.05) is 30.5 Å². The Labute approximate surface area is 210 Å². The molecule has 5 rings (SSSR count). The van der Waals surface area contributed by atoms with Gasteiger partial charge in [-0.1, -0.05) is 24.6 Å². The van der Waals surface area contributed by atoms with Crippen LogP contribution in [0.15, 0.2) is 30.5 Å². The van der Waals surface area contributed by atoms with Crippen LogP contribution in [-0.4, -0.2) is 44.7 Å². The molecular weight excluding hydrogens is 464 g/mol. The molecule has 0 atom stereocenters. The van der Waals surface area contributed by atoms with Gasteiger partial charge >= 0.3 is 0 Å². The highest BCUT2D eigenvalue weighted by Gasteiger charge is 2.30. The van der Waals surface area contributed by atoms with Gasteiger partial charge in [-0.3, -0.25) is 9.36 Å². The van der Waals surface area contributed by atoms with E-state index in [0.29, 0.717) is 5.02 Å². The van der Waals surface area contributed by atoms with E-state index in [0.717, 1.165) is 86.8 Å². The van der Waals surface area contributed by atoms with E-state index in [2.05, 4.69) is 27.1 Å². The zero-order chi connectivity index (χ0) is 24.4. The van der Waals surface area contributed by atoms with Crippen LogP contribution in [0.2, 0.25) is 5.02 Å². The number of nitrogens with one attached hydrogen (secondary N) is 2. The molecule has 0 unspecified atom stereocenters. The van der Waals surface area contributed by atoms with Crippen molar-refractivity contribution in [1.29, 1.82) is 0 Å². The molecule has 1 saturated carbocycles. The summed E-state index contributed by atoms with van der Waals surface area (Å²) in [7, 11) is 0. The lowest BCUT2D eigenvalue weighted by molar-refractivity contribution is -0.119. The summed E-state index contributed by atoms with van der Waals surface area (Å²) < 4.78 is 7.81. The van der Waals surface area contributed by atoms with Gasteiger partial charge in [-0.2, -0.15) is 0 Å². The molecule has 0 spiro atoms. The van der Waals surface area contributed by atoms with Crippen LogP contribution in [0.3, 0.4) is 0 Å². The maximum Gasteiger partial charge on any atom is 0.217 e. The van der Waals surface area contributed by atoms with E-state index in [-0.39, 0.29) is 23.4 Å². The lowest BCUT2D eigenvalue weighted by Crippen LogP contribution is -2.36. The topological polar surface area (TPSA) is 94.0 Å². The van der Waals surface area contributed by atoms with Gasteiger partial charge in [0.15, 0.2) is 5.65 Å². The van der Waals surface area contributed by atoms with Crippen molar-refractivity contribution < 1.29 is 9.53 Å². The van der Waals surface area contributed by atoms with Gasteiger partial charge in [0.1, 0.15) is 11.3 Å². The second-order valence-corrected chi connectivity index (χ2v) is 10.7. The van der Waals surface area contributed by atoms with Crippen molar-refractivity contribution in [2.45, 2.75) is 70.9 Å². The molecule has 2 N–H and O–H groups in total. The predicted octanol–water partition coefficient (Wildman–Crippen LogP) is 5.20. The van der Waals surface area contributed by atoms with Crippen molar-refractivity contribution in [2.24, 2.45) is 5.41 Å². The molecule has 35 heavy (non-hydrogen) atoms. The van der Waals surface area contributed by atoms with E-state index in [1.165, 1.54) is 0 Å². The number of carbonyl (C=O) groups excluding carboxylic acids is 1. The molecule has 2 aliphatic rings. The number of ether oxygens (including phenoxy) is 1. The number of nitrogens with zero attached hydrogens (tertiary/aromatic N) is 4. The normalized spacial score (nSPS) is 22.1. The van der Waals surface area contributed by atoms with Gasteiger partial charge in [0.2, 0.25) is 11.9 Å². The largest absolute Gasteiger partial charge is 0.381 e. The molecule has 1 aromatic carbocycles. The lowest BCUT2D eigenvalue weighted by atomic mass is 9.79. The number of halogens is 1. The average Bonchev–Trinajstić information content (AvgIpc) is 3.16. The Kier molecular flexibility index (Phi) is 6.93. The predicted molar refractivity (Wildman–Crippen MR) is 137 cm³/mol. The van der Waals surface area contributed by atoms with Crippen molar-refractivity contribution in [1.82, 2.24) is 24.8 Å². The molecule has 9 heteroatoms. The van der Waals surface area contributed by atoms with Crippen molar-refractivity contribution in [3.05, 3.63) is 41.3 Å². The summed E-state index contributed by atoms with van der Waals surface area (Å²) in [4.78, 5) is 26.2. The maximum absolute atomic E-state index is 11.5. The molecule has 3 heterocycles. The molecule has 1 amide bonds. The fourth-order valence-corrected chi connectivity index (χ4v) is 5.52. The van der Waals surface area contributed by atoms with Crippen LogP contribution in [0.5, 0.6) is 0 Å². The highest BCUT2D eigenvalue weighted by molar-refractivity contribution is 6.30. The molecule has 1 aliphatic heterocycles. The Morgan fingerprint density at radius 3 is 2.69 bits per heavy atom. The Hall–Kier alpha value is -2.71. The highest BCUT2D eigenvalue weighted by atomic mass is 35.5. The zero-order valence-corrected chi connectivity index (χ0v) is 21.1. The monoisotopic (exact) mass is 496 g/mol. The summed E-state index contributed by atoms with van der Waals surface area (Å²) in [5.74, 6) is 1.63. The van der Waals surface area contributed by atoms with Gasteiger partial charge in [0, 0.05) is 49.4 Å².